The van der Waals surface area contributed by atoms with Gasteiger partial charge in [-0.2, -0.15) is 5.10 Å². The van der Waals surface area contributed by atoms with Crippen LogP contribution in [0.2, 0.25) is 0 Å². The van der Waals surface area contributed by atoms with Gasteiger partial charge in [-0.15, -0.1) is 0 Å². The topological polar surface area (TPSA) is 58.4 Å². The summed E-state index contributed by atoms with van der Waals surface area (Å²) in [4.78, 5) is 13.4. The van der Waals surface area contributed by atoms with E-state index in [-0.39, 0.29) is 0 Å². The Labute approximate surface area is 101 Å². The largest absolute Gasteiger partial charge is 0.478 e. The molecule has 1 aromatic heterocycles. The summed E-state index contributed by atoms with van der Waals surface area (Å²) in [6.07, 6.45) is 5.23. The summed E-state index contributed by atoms with van der Waals surface area (Å²) < 4.78 is 1.58. The molecule has 1 unspecified atom stereocenters. The van der Waals surface area contributed by atoms with Crippen molar-refractivity contribution in [3.8, 4) is 0 Å². The van der Waals surface area contributed by atoms with Crippen molar-refractivity contribution < 1.29 is 9.90 Å². The third kappa shape index (κ3) is 2.66. The zero-order valence-corrected chi connectivity index (χ0v) is 10.4. The van der Waals surface area contributed by atoms with E-state index in [1.807, 2.05) is 0 Å². The summed E-state index contributed by atoms with van der Waals surface area (Å²) in [6.45, 7) is 3.88. The molecule has 0 radical (unpaired) electrons. The van der Waals surface area contributed by atoms with Crippen LogP contribution in [-0.2, 0) is 13.6 Å². The van der Waals surface area contributed by atoms with Gasteiger partial charge in [-0.25, -0.2) is 4.79 Å². The summed E-state index contributed by atoms with van der Waals surface area (Å²) in [5.74, 6) is -0.891. The molecular weight excluding hydrogens is 218 g/mol. The average Bonchev–Trinajstić information content (AvgIpc) is 2.63. The van der Waals surface area contributed by atoms with E-state index in [1.165, 1.54) is 19.3 Å². The Bertz CT molecular complexity index is 414. The minimum Gasteiger partial charge on any atom is -0.478 e. The second-order valence-corrected chi connectivity index (χ2v) is 4.78. The molecular formula is C12H19N3O2. The van der Waals surface area contributed by atoms with Crippen molar-refractivity contribution in [2.75, 3.05) is 6.54 Å². The molecule has 94 valence electrons. The van der Waals surface area contributed by atoms with Crippen molar-refractivity contribution in [1.82, 2.24) is 14.7 Å². The van der Waals surface area contributed by atoms with Crippen molar-refractivity contribution in [1.29, 1.82) is 0 Å². The molecule has 5 heteroatoms. The number of nitrogens with zero attached hydrogens (tertiary/aromatic N) is 3. The monoisotopic (exact) mass is 237 g/mol. The van der Waals surface area contributed by atoms with E-state index >= 15 is 0 Å². The van der Waals surface area contributed by atoms with Gasteiger partial charge in [0, 0.05) is 25.8 Å². The molecule has 0 spiro atoms. The first-order valence-corrected chi connectivity index (χ1v) is 6.08. The highest BCUT2D eigenvalue weighted by atomic mass is 16.4. The van der Waals surface area contributed by atoms with Crippen LogP contribution in [-0.4, -0.2) is 38.3 Å². The van der Waals surface area contributed by atoms with Crippen molar-refractivity contribution in [2.45, 2.75) is 38.8 Å². The lowest BCUT2D eigenvalue weighted by molar-refractivity contribution is 0.0692. The number of carbonyl (C=O) groups is 1. The van der Waals surface area contributed by atoms with E-state index in [0.717, 1.165) is 6.54 Å². The average molecular weight is 237 g/mol. The maximum Gasteiger partial charge on any atom is 0.339 e. The standard InChI is InChI=1S/C12H19N3O2/c1-9-5-3-4-6-15(9)8-11-10(12(16)17)7-14(2)13-11/h7,9H,3-6,8H2,1-2H3,(H,16,17). The molecule has 1 aromatic rings. The maximum atomic E-state index is 11.1. The molecule has 1 aliphatic heterocycles. The minimum atomic E-state index is -0.891. The number of aromatic nitrogens is 2. The summed E-state index contributed by atoms with van der Waals surface area (Å²) in [6, 6.07) is 0.521. The molecule has 0 aliphatic carbocycles. The molecule has 1 N–H and O–H groups in total. The minimum absolute atomic E-state index is 0.324. The van der Waals surface area contributed by atoms with Crippen molar-refractivity contribution in [3.05, 3.63) is 17.5 Å². The third-order valence-corrected chi connectivity index (χ3v) is 3.43. The van der Waals surface area contributed by atoms with Crippen LogP contribution in [0.3, 0.4) is 0 Å². The smallest absolute Gasteiger partial charge is 0.339 e. The van der Waals surface area contributed by atoms with Gasteiger partial charge >= 0.3 is 5.97 Å². The molecule has 2 heterocycles. The predicted octanol–water partition coefficient (Wildman–Crippen LogP) is 1.49. The molecule has 0 amide bonds. The zero-order valence-electron chi connectivity index (χ0n) is 10.4. The highest BCUT2D eigenvalue weighted by Crippen LogP contribution is 2.19. The second-order valence-electron chi connectivity index (χ2n) is 4.78. The number of aromatic carboxylic acids is 1. The quantitative estimate of drug-likeness (QED) is 0.865. The van der Waals surface area contributed by atoms with E-state index in [0.29, 0.717) is 23.8 Å². The van der Waals surface area contributed by atoms with E-state index in [2.05, 4.69) is 16.9 Å². The van der Waals surface area contributed by atoms with Crippen LogP contribution in [0.4, 0.5) is 0 Å². The summed E-state index contributed by atoms with van der Waals surface area (Å²) >= 11 is 0. The normalized spacial score (nSPS) is 21.6. The van der Waals surface area contributed by atoms with Gasteiger partial charge in [-0.3, -0.25) is 9.58 Å². The van der Waals surface area contributed by atoms with Crippen LogP contribution in [0.1, 0.15) is 42.2 Å². The number of rotatable bonds is 3. The van der Waals surface area contributed by atoms with Crippen molar-refractivity contribution >= 4 is 5.97 Å². The Balaban J connectivity index is 2.14. The molecule has 0 aromatic carbocycles. The Morgan fingerprint density at radius 2 is 2.35 bits per heavy atom. The fraction of sp³-hybridized carbons (Fsp3) is 0.667. The maximum absolute atomic E-state index is 11.1. The Kier molecular flexibility index (Phi) is 3.47. The molecule has 1 saturated heterocycles. The van der Waals surface area contributed by atoms with Crippen LogP contribution in [0, 0.1) is 0 Å². The van der Waals surface area contributed by atoms with E-state index in [4.69, 9.17) is 5.11 Å². The third-order valence-electron chi connectivity index (χ3n) is 3.43. The Morgan fingerprint density at radius 1 is 1.59 bits per heavy atom. The van der Waals surface area contributed by atoms with Gasteiger partial charge in [0.05, 0.1) is 5.69 Å². The summed E-state index contributed by atoms with van der Waals surface area (Å²) in [5, 5.41) is 13.4. The van der Waals surface area contributed by atoms with Gasteiger partial charge in [0.15, 0.2) is 0 Å². The molecule has 0 saturated carbocycles. The number of carboxylic acid groups (broad SMARTS) is 1. The number of likely N-dealkylation sites (tertiary alicyclic amines) is 1. The fourth-order valence-electron chi connectivity index (χ4n) is 2.41. The van der Waals surface area contributed by atoms with Gasteiger partial charge in [-0.1, -0.05) is 6.42 Å². The lowest BCUT2D eigenvalue weighted by Gasteiger charge is -2.32. The highest BCUT2D eigenvalue weighted by molar-refractivity contribution is 5.88. The van der Waals surface area contributed by atoms with Gasteiger partial charge in [0.2, 0.25) is 0 Å². The number of piperidine rings is 1. The molecule has 0 bridgehead atoms. The Hall–Kier alpha value is -1.36. The van der Waals surface area contributed by atoms with Crippen molar-refractivity contribution in [2.24, 2.45) is 7.05 Å². The summed E-state index contributed by atoms with van der Waals surface area (Å²) in [5.41, 5.74) is 0.999. The molecule has 1 fully saturated rings. The van der Waals surface area contributed by atoms with Crippen LogP contribution < -0.4 is 0 Å². The number of aryl methyl sites for hydroxylation is 1. The van der Waals surface area contributed by atoms with Crippen LogP contribution in [0.5, 0.6) is 0 Å². The summed E-state index contributed by atoms with van der Waals surface area (Å²) in [7, 11) is 1.76. The van der Waals surface area contributed by atoms with Crippen LogP contribution in [0.25, 0.3) is 0 Å². The zero-order chi connectivity index (χ0) is 12.4. The first-order valence-electron chi connectivity index (χ1n) is 6.08. The number of carboxylic acids is 1. The molecule has 5 nitrogen and oxygen atoms in total. The van der Waals surface area contributed by atoms with E-state index < -0.39 is 5.97 Å². The first kappa shape index (κ1) is 12.1. The lowest BCUT2D eigenvalue weighted by atomic mass is 10.0. The van der Waals surface area contributed by atoms with E-state index in [1.54, 1.807) is 17.9 Å². The van der Waals surface area contributed by atoms with Crippen LogP contribution in [0.15, 0.2) is 6.20 Å². The highest BCUT2D eigenvalue weighted by Gasteiger charge is 2.22. The first-order chi connectivity index (χ1) is 8.08. The van der Waals surface area contributed by atoms with Gasteiger partial charge in [-0.05, 0) is 26.3 Å². The van der Waals surface area contributed by atoms with Gasteiger partial charge < -0.3 is 5.11 Å². The number of hydrogen-bond donors (Lipinski definition) is 1. The lowest BCUT2D eigenvalue weighted by Crippen LogP contribution is -2.37. The van der Waals surface area contributed by atoms with Crippen molar-refractivity contribution in [3.63, 3.8) is 0 Å². The van der Waals surface area contributed by atoms with Gasteiger partial charge in [0.1, 0.15) is 5.56 Å². The predicted molar refractivity (Wildman–Crippen MR) is 63.9 cm³/mol. The molecule has 1 atom stereocenters. The second kappa shape index (κ2) is 4.87. The van der Waals surface area contributed by atoms with Crippen LogP contribution >= 0.6 is 0 Å². The Morgan fingerprint density at radius 3 is 3.00 bits per heavy atom. The fourth-order valence-corrected chi connectivity index (χ4v) is 2.41. The number of hydrogen-bond acceptors (Lipinski definition) is 3. The molecule has 1 aliphatic rings. The van der Waals surface area contributed by atoms with Gasteiger partial charge in [0.25, 0.3) is 0 Å². The van der Waals surface area contributed by atoms with E-state index in [9.17, 15) is 4.79 Å². The SMILES string of the molecule is CC1CCCCN1Cc1nn(C)cc1C(=O)O. The molecule has 17 heavy (non-hydrogen) atoms. The molecule has 2 rings (SSSR count).